The van der Waals surface area contributed by atoms with Gasteiger partial charge in [0.2, 0.25) is 0 Å². The van der Waals surface area contributed by atoms with Gasteiger partial charge in [-0.3, -0.25) is 0 Å². The second kappa shape index (κ2) is 3.41. The number of para-hydroxylation sites is 1. The molecule has 2 nitrogen and oxygen atoms in total. The molecule has 1 fully saturated rings. The lowest BCUT2D eigenvalue weighted by molar-refractivity contribution is 0.171. The van der Waals surface area contributed by atoms with Gasteiger partial charge in [0.15, 0.2) is 0 Å². The first kappa shape index (κ1) is 9.52. The Bertz CT molecular complexity index is 385. The molecule has 1 heterocycles. The van der Waals surface area contributed by atoms with Crippen LogP contribution < -0.4 is 10.6 Å². The SMILES string of the molecule is Brc1cccc2c1NCC1(CCC1)CN2. The van der Waals surface area contributed by atoms with Crippen LogP contribution in [0, 0.1) is 5.41 Å². The lowest BCUT2D eigenvalue weighted by atomic mass is 9.69. The first-order chi connectivity index (χ1) is 7.29. The maximum Gasteiger partial charge on any atom is 0.0720 e. The lowest BCUT2D eigenvalue weighted by Gasteiger charge is -2.41. The van der Waals surface area contributed by atoms with Gasteiger partial charge in [0.05, 0.1) is 11.4 Å². The highest BCUT2D eigenvalue weighted by Crippen LogP contribution is 2.44. The molecular formula is C12H15BrN2. The Hall–Kier alpha value is -0.700. The number of rotatable bonds is 0. The number of halogens is 1. The minimum Gasteiger partial charge on any atom is -0.383 e. The Labute approximate surface area is 98.6 Å². The fourth-order valence-electron chi connectivity index (χ4n) is 2.50. The lowest BCUT2D eigenvalue weighted by Crippen LogP contribution is -2.40. The molecule has 0 saturated heterocycles. The van der Waals surface area contributed by atoms with Gasteiger partial charge in [0.25, 0.3) is 0 Å². The van der Waals surface area contributed by atoms with Gasteiger partial charge in [-0.05, 0) is 40.9 Å². The molecule has 0 atom stereocenters. The van der Waals surface area contributed by atoms with Crippen LogP contribution in [0.25, 0.3) is 0 Å². The first-order valence-corrected chi connectivity index (χ1v) is 6.35. The molecule has 2 N–H and O–H groups in total. The summed E-state index contributed by atoms with van der Waals surface area (Å²) in [6.07, 6.45) is 4.11. The molecule has 80 valence electrons. The van der Waals surface area contributed by atoms with Crippen molar-refractivity contribution in [3.63, 3.8) is 0 Å². The van der Waals surface area contributed by atoms with Gasteiger partial charge in [-0.2, -0.15) is 0 Å². The van der Waals surface area contributed by atoms with E-state index in [1.54, 1.807) is 0 Å². The monoisotopic (exact) mass is 266 g/mol. The Kier molecular flexibility index (Phi) is 2.16. The number of hydrogen-bond donors (Lipinski definition) is 2. The van der Waals surface area contributed by atoms with E-state index in [4.69, 9.17) is 0 Å². The average Bonchev–Trinajstić information content (AvgIpc) is 2.37. The van der Waals surface area contributed by atoms with Gasteiger partial charge < -0.3 is 10.6 Å². The van der Waals surface area contributed by atoms with Crippen molar-refractivity contribution in [3.05, 3.63) is 22.7 Å². The molecule has 1 aromatic rings. The zero-order chi connectivity index (χ0) is 10.3. The molecule has 1 aliphatic carbocycles. The predicted octanol–water partition coefficient (Wildman–Crippen LogP) is 3.46. The minimum absolute atomic E-state index is 0.512. The Morgan fingerprint density at radius 3 is 2.67 bits per heavy atom. The van der Waals surface area contributed by atoms with Crippen molar-refractivity contribution in [1.29, 1.82) is 0 Å². The molecule has 3 rings (SSSR count). The Morgan fingerprint density at radius 1 is 1.13 bits per heavy atom. The smallest absolute Gasteiger partial charge is 0.0720 e. The van der Waals surface area contributed by atoms with Gasteiger partial charge in [-0.25, -0.2) is 0 Å². The third-order valence-corrected chi connectivity index (χ3v) is 4.38. The third kappa shape index (κ3) is 1.53. The molecule has 0 bridgehead atoms. The fourth-order valence-corrected chi connectivity index (χ4v) is 3.01. The van der Waals surface area contributed by atoms with E-state index in [1.807, 2.05) is 0 Å². The van der Waals surface area contributed by atoms with E-state index in [1.165, 1.54) is 30.6 Å². The third-order valence-electron chi connectivity index (χ3n) is 3.72. The van der Waals surface area contributed by atoms with Crippen LogP contribution in [0.2, 0.25) is 0 Å². The number of anilines is 2. The predicted molar refractivity (Wildman–Crippen MR) is 67.4 cm³/mol. The summed E-state index contributed by atoms with van der Waals surface area (Å²) in [6.45, 7) is 2.22. The highest BCUT2D eigenvalue weighted by molar-refractivity contribution is 9.10. The van der Waals surface area contributed by atoms with Crippen LogP contribution in [0.3, 0.4) is 0 Å². The molecule has 15 heavy (non-hydrogen) atoms. The molecule has 1 saturated carbocycles. The molecule has 0 radical (unpaired) electrons. The minimum atomic E-state index is 0.512. The van der Waals surface area contributed by atoms with Gasteiger partial charge >= 0.3 is 0 Å². The van der Waals surface area contributed by atoms with E-state index in [9.17, 15) is 0 Å². The van der Waals surface area contributed by atoms with Gasteiger partial charge in [0, 0.05) is 23.0 Å². The summed E-state index contributed by atoms with van der Waals surface area (Å²) in [6, 6.07) is 6.31. The quantitative estimate of drug-likeness (QED) is 0.752. The largest absolute Gasteiger partial charge is 0.383 e. The van der Waals surface area contributed by atoms with Crippen molar-refractivity contribution in [3.8, 4) is 0 Å². The normalized spacial score (nSPS) is 21.9. The summed E-state index contributed by atoms with van der Waals surface area (Å²) < 4.78 is 1.16. The second-order valence-corrected chi connectivity index (χ2v) is 5.58. The number of nitrogens with one attached hydrogen (secondary N) is 2. The van der Waals surface area contributed by atoms with E-state index in [0.29, 0.717) is 5.41 Å². The standard InChI is InChI=1S/C12H15BrN2/c13-9-3-1-4-10-11(9)15-8-12(7-14-10)5-2-6-12/h1,3-4,14-15H,2,5-8H2. The van der Waals surface area contributed by atoms with Gasteiger partial charge in [0.1, 0.15) is 0 Å². The van der Waals surface area contributed by atoms with E-state index in [2.05, 4.69) is 44.8 Å². The number of benzene rings is 1. The molecule has 0 amide bonds. The van der Waals surface area contributed by atoms with Crippen molar-refractivity contribution >= 4 is 27.3 Å². The Balaban J connectivity index is 1.91. The van der Waals surface area contributed by atoms with Crippen LogP contribution in [0.5, 0.6) is 0 Å². The van der Waals surface area contributed by atoms with Crippen LogP contribution in [0.15, 0.2) is 22.7 Å². The van der Waals surface area contributed by atoms with Crippen LogP contribution in [0.4, 0.5) is 11.4 Å². The maximum absolute atomic E-state index is 3.59. The van der Waals surface area contributed by atoms with Crippen molar-refractivity contribution in [2.24, 2.45) is 5.41 Å². The molecule has 2 aliphatic rings. The van der Waals surface area contributed by atoms with Crippen LogP contribution in [0.1, 0.15) is 19.3 Å². The zero-order valence-corrected chi connectivity index (χ0v) is 10.2. The number of hydrogen-bond acceptors (Lipinski definition) is 2. The highest BCUT2D eigenvalue weighted by Gasteiger charge is 2.38. The van der Waals surface area contributed by atoms with Crippen LogP contribution in [-0.2, 0) is 0 Å². The molecule has 0 unspecified atom stereocenters. The number of fused-ring (bicyclic) bond motifs is 1. The first-order valence-electron chi connectivity index (χ1n) is 5.55. The van der Waals surface area contributed by atoms with Gasteiger partial charge in [-0.1, -0.05) is 12.5 Å². The summed E-state index contributed by atoms with van der Waals surface area (Å²) in [5, 5.41) is 7.14. The fraction of sp³-hybridized carbons (Fsp3) is 0.500. The van der Waals surface area contributed by atoms with Crippen molar-refractivity contribution in [2.45, 2.75) is 19.3 Å². The maximum atomic E-state index is 3.59. The molecule has 1 aromatic carbocycles. The van der Waals surface area contributed by atoms with Gasteiger partial charge in [-0.15, -0.1) is 0 Å². The summed E-state index contributed by atoms with van der Waals surface area (Å²) in [4.78, 5) is 0. The molecule has 0 aromatic heterocycles. The van der Waals surface area contributed by atoms with E-state index >= 15 is 0 Å². The highest BCUT2D eigenvalue weighted by atomic mass is 79.9. The van der Waals surface area contributed by atoms with Crippen molar-refractivity contribution in [1.82, 2.24) is 0 Å². The molecular weight excluding hydrogens is 252 g/mol. The molecule has 1 spiro atoms. The summed E-state index contributed by atoms with van der Waals surface area (Å²) in [7, 11) is 0. The van der Waals surface area contributed by atoms with Crippen LogP contribution in [-0.4, -0.2) is 13.1 Å². The average molecular weight is 267 g/mol. The topological polar surface area (TPSA) is 24.1 Å². The summed E-state index contributed by atoms with van der Waals surface area (Å²) in [5.74, 6) is 0. The van der Waals surface area contributed by atoms with E-state index < -0.39 is 0 Å². The van der Waals surface area contributed by atoms with Crippen LogP contribution >= 0.6 is 15.9 Å². The summed E-state index contributed by atoms with van der Waals surface area (Å²) >= 11 is 3.59. The molecule has 1 aliphatic heterocycles. The Morgan fingerprint density at radius 2 is 1.93 bits per heavy atom. The zero-order valence-electron chi connectivity index (χ0n) is 8.65. The van der Waals surface area contributed by atoms with Crippen molar-refractivity contribution in [2.75, 3.05) is 23.7 Å². The molecule has 3 heteroatoms. The summed E-state index contributed by atoms with van der Waals surface area (Å²) in [5.41, 5.74) is 2.97. The van der Waals surface area contributed by atoms with E-state index in [0.717, 1.165) is 17.6 Å². The van der Waals surface area contributed by atoms with E-state index in [-0.39, 0.29) is 0 Å². The second-order valence-electron chi connectivity index (χ2n) is 4.72. The van der Waals surface area contributed by atoms with Crippen molar-refractivity contribution < 1.29 is 0 Å².